The van der Waals surface area contributed by atoms with E-state index in [2.05, 4.69) is 4.74 Å². The molecule has 0 aliphatic carbocycles. The third-order valence-corrected chi connectivity index (χ3v) is 1.26. The molecule has 0 radical (unpaired) electrons. The number of ether oxygens (including phenoxy) is 1. The van der Waals surface area contributed by atoms with E-state index in [0.717, 1.165) is 6.42 Å². The van der Waals surface area contributed by atoms with Crippen molar-refractivity contribution < 1.29 is 17.9 Å². The normalized spacial score (nSPS) is 14.8. The molecule has 0 bridgehead atoms. The van der Waals surface area contributed by atoms with Crippen LogP contribution in [0.4, 0.5) is 13.2 Å². The van der Waals surface area contributed by atoms with E-state index in [1.165, 1.54) is 0 Å². The molecule has 0 rings (SSSR count). The second-order valence-corrected chi connectivity index (χ2v) is 2.68. The molecule has 0 saturated carbocycles. The number of alkyl halides is 3. The van der Waals surface area contributed by atoms with Crippen molar-refractivity contribution in [3.8, 4) is 0 Å². The highest BCUT2D eigenvalue weighted by molar-refractivity contribution is 4.58. The Morgan fingerprint density at radius 1 is 1.42 bits per heavy atom. The first-order chi connectivity index (χ1) is 5.45. The zero-order chi connectivity index (χ0) is 9.61. The van der Waals surface area contributed by atoms with Crippen molar-refractivity contribution in [3.63, 3.8) is 0 Å². The highest BCUT2D eigenvalue weighted by atomic mass is 19.4. The zero-order valence-corrected chi connectivity index (χ0v) is 7.03. The fraction of sp³-hybridized carbons (Fsp3) is 1.00. The van der Waals surface area contributed by atoms with Gasteiger partial charge in [-0.2, -0.15) is 13.2 Å². The van der Waals surface area contributed by atoms with Crippen LogP contribution in [0.5, 0.6) is 0 Å². The van der Waals surface area contributed by atoms with Crippen LogP contribution in [-0.4, -0.2) is 25.4 Å². The average molecular weight is 185 g/mol. The molecule has 12 heavy (non-hydrogen) atoms. The molecule has 5 heteroatoms. The van der Waals surface area contributed by atoms with Gasteiger partial charge in [0.1, 0.15) is 6.61 Å². The van der Waals surface area contributed by atoms with Crippen LogP contribution < -0.4 is 5.73 Å². The number of nitrogens with two attached hydrogens (primary N) is 1. The summed E-state index contributed by atoms with van der Waals surface area (Å²) < 4.78 is 38.9. The Hall–Kier alpha value is -0.290. The van der Waals surface area contributed by atoms with Gasteiger partial charge in [-0.3, -0.25) is 0 Å². The Morgan fingerprint density at radius 2 is 2.00 bits per heavy atom. The fourth-order valence-electron chi connectivity index (χ4n) is 0.780. The summed E-state index contributed by atoms with van der Waals surface area (Å²) in [4.78, 5) is 0. The molecule has 2 nitrogen and oxygen atoms in total. The Bertz CT molecular complexity index is 116. The smallest absolute Gasteiger partial charge is 0.370 e. The van der Waals surface area contributed by atoms with E-state index in [1.54, 1.807) is 0 Å². The molecule has 0 spiro atoms. The summed E-state index contributed by atoms with van der Waals surface area (Å²) in [7, 11) is 0. The minimum Gasteiger partial charge on any atom is -0.370 e. The first kappa shape index (κ1) is 11.7. The lowest BCUT2D eigenvalue weighted by Crippen LogP contribution is -2.28. The van der Waals surface area contributed by atoms with Crippen LogP contribution in [0, 0.1) is 0 Å². The summed E-state index contributed by atoms with van der Waals surface area (Å²) in [6.45, 7) is 0.696. The molecule has 74 valence electrons. The fourth-order valence-corrected chi connectivity index (χ4v) is 0.780. The van der Waals surface area contributed by atoms with E-state index >= 15 is 0 Å². The molecule has 0 heterocycles. The highest BCUT2D eigenvalue weighted by Crippen LogP contribution is 2.14. The number of rotatable bonds is 5. The van der Waals surface area contributed by atoms with Crippen LogP contribution in [0.25, 0.3) is 0 Å². The lowest BCUT2D eigenvalue weighted by molar-refractivity contribution is -0.174. The van der Waals surface area contributed by atoms with Crippen LogP contribution >= 0.6 is 0 Å². The molecule has 0 fully saturated rings. The first-order valence-corrected chi connectivity index (χ1v) is 3.85. The van der Waals surface area contributed by atoms with Crippen molar-refractivity contribution in [1.29, 1.82) is 0 Å². The van der Waals surface area contributed by atoms with Gasteiger partial charge in [0.2, 0.25) is 0 Å². The minimum atomic E-state index is -4.24. The third-order valence-electron chi connectivity index (χ3n) is 1.26. The summed E-state index contributed by atoms with van der Waals surface area (Å²) in [6, 6.07) is -0.280. The van der Waals surface area contributed by atoms with Gasteiger partial charge in [-0.1, -0.05) is 13.3 Å². The quantitative estimate of drug-likeness (QED) is 0.707. The average Bonchev–Trinajstić information content (AvgIpc) is 1.84. The first-order valence-electron chi connectivity index (χ1n) is 3.85. The van der Waals surface area contributed by atoms with Gasteiger partial charge in [-0.25, -0.2) is 0 Å². The lowest BCUT2D eigenvalue weighted by Gasteiger charge is -2.12. The van der Waals surface area contributed by atoms with Crippen LogP contribution in [0.1, 0.15) is 19.8 Å². The van der Waals surface area contributed by atoms with Gasteiger partial charge in [0, 0.05) is 6.04 Å². The third kappa shape index (κ3) is 7.81. The molecule has 0 aliphatic heterocycles. The van der Waals surface area contributed by atoms with E-state index in [9.17, 15) is 13.2 Å². The van der Waals surface area contributed by atoms with Crippen LogP contribution in [0.3, 0.4) is 0 Å². The van der Waals surface area contributed by atoms with Crippen molar-refractivity contribution >= 4 is 0 Å². The van der Waals surface area contributed by atoms with Gasteiger partial charge < -0.3 is 10.5 Å². The molecule has 0 unspecified atom stereocenters. The van der Waals surface area contributed by atoms with Crippen LogP contribution in [-0.2, 0) is 4.74 Å². The molecule has 0 amide bonds. The van der Waals surface area contributed by atoms with E-state index in [4.69, 9.17) is 5.73 Å². The summed E-state index contributed by atoms with van der Waals surface area (Å²) in [6.07, 6.45) is -2.69. The van der Waals surface area contributed by atoms with E-state index in [1.807, 2.05) is 6.92 Å². The van der Waals surface area contributed by atoms with Crippen molar-refractivity contribution in [2.24, 2.45) is 5.73 Å². The standard InChI is InChI=1S/C7H14F3NO/c1-2-3-6(11)4-12-5-7(8,9)10/h6H,2-5,11H2,1H3/t6-/m0/s1. The van der Waals surface area contributed by atoms with Crippen molar-refractivity contribution in [1.82, 2.24) is 0 Å². The summed E-state index contributed by atoms with van der Waals surface area (Å²) >= 11 is 0. The summed E-state index contributed by atoms with van der Waals surface area (Å²) in [5.41, 5.74) is 5.42. The van der Waals surface area contributed by atoms with Crippen molar-refractivity contribution in [2.45, 2.75) is 32.0 Å². The molecular formula is C7H14F3NO. The SMILES string of the molecule is CCC[C@H](N)COCC(F)(F)F. The summed E-state index contributed by atoms with van der Waals surface area (Å²) in [5.74, 6) is 0. The molecule has 0 aromatic heterocycles. The minimum absolute atomic E-state index is 0.0205. The molecule has 0 aromatic rings. The Balaban J connectivity index is 3.31. The van der Waals surface area contributed by atoms with Crippen molar-refractivity contribution in [2.75, 3.05) is 13.2 Å². The van der Waals surface area contributed by atoms with E-state index in [-0.39, 0.29) is 12.6 Å². The maximum atomic E-state index is 11.5. The number of hydrogen-bond acceptors (Lipinski definition) is 2. The summed E-state index contributed by atoms with van der Waals surface area (Å²) in [5, 5.41) is 0. The molecule has 0 aliphatic rings. The van der Waals surface area contributed by atoms with Gasteiger partial charge in [0.25, 0.3) is 0 Å². The molecular weight excluding hydrogens is 171 g/mol. The highest BCUT2D eigenvalue weighted by Gasteiger charge is 2.27. The van der Waals surface area contributed by atoms with E-state index in [0.29, 0.717) is 6.42 Å². The predicted molar refractivity (Wildman–Crippen MR) is 39.8 cm³/mol. The van der Waals surface area contributed by atoms with Gasteiger partial charge in [-0.05, 0) is 6.42 Å². The Kier molecular flexibility index (Phi) is 5.24. The molecule has 1 atom stereocenters. The van der Waals surface area contributed by atoms with Crippen molar-refractivity contribution in [3.05, 3.63) is 0 Å². The van der Waals surface area contributed by atoms with Gasteiger partial charge in [0.05, 0.1) is 6.61 Å². The second kappa shape index (κ2) is 5.37. The largest absolute Gasteiger partial charge is 0.411 e. The lowest BCUT2D eigenvalue weighted by atomic mass is 10.2. The second-order valence-electron chi connectivity index (χ2n) is 2.68. The van der Waals surface area contributed by atoms with Gasteiger partial charge in [-0.15, -0.1) is 0 Å². The zero-order valence-electron chi connectivity index (χ0n) is 7.03. The predicted octanol–water partition coefficient (Wildman–Crippen LogP) is 1.69. The Labute approximate surface area is 69.9 Å². The Morgan fingerprint density at radius 3 is 2.42 bits per heavy atom. The van der Waals surface area contributed by atoms with Crippen LogP contribution in [0.15, 0.2) is 0 Å². The maximum absolute atomic E-state index is 11.5. The number of hydrogen-bond donors (Lipinski definition) is 1. The molecule has 2 N–H and O–H groups in total. The number of halogens is 3. The molecule has 0 aromatic carbocycles. The van der Waals surface area contributed by atoms with E-state index < -0.39 is 12.8 Å². The van der Waals surface area contributed by atoms with Gasteiger partial charge in [0.15, 0.2) is 0 Å². The topological polar surface area (TPSA) is 35.2 Å². The molecule has 0 saturated heterocycles. The monoisotopic (exact) mass is 185 g/mol. The van der Waals surface area contributed by atoms with Gasteiger partial charge >= 0.3 is 6.18 Å². The van der Waals surface area contributed by atoms with Crippen LogP contribution in [0.2, 0.25) is 0 Å². The maximum Gasteiger partial charge on any atom is 0.411 e.